The Morgan fingerprint density at radius 1 is 1.33 bits per heavy atom. The number of amides is 1. The number of imidazole rings is 1. The highest BCUT2D eigenvalue weighted by Gasteiger charge is 2.11. The molecule has 3 aromatic rings. The third kappa shape index (κ3) is 1.98. The van der Waals surface area contributed by atoms with Gasteiger partial charge in [0.2, 0.25) is 0 Å². The first-order chi connectivity index (χ1) is 8.74. The van der Waals surface area contributed by atoms with Crippen LogP contribution in [0, 0.1) is 0 Å². The Kier molecular flexibility index (Phi) is 2.77. The summed E-state index contributed by atoms with van der Waals surface area (Å²) in [5.74, 6) is -0.178. The minimum Gasteiger partial charge on any atom is -0.345 e. The van der Waals surface area contributed by atoms with E-state index in [0.29, 0.717) is 14.9 Å². The quantitative estimate of drug-likeness (QED) is 0.753. The number of H-pyrrole nitrogens is 1. The Balaban J connectivity index is 1.92. The summed E-state index contributed by atoms with van der Waals surface area (Å²) in [6.07, 6.45) is 1.60. The van der Waals surface area contributed by atoms with Gasteiger partial charge in [-0.2, -0.15) is 0 Å². The fraction of sp³-hybridized carbons (Fsp3) is 0. The summed E-state index contributed by atoms with van der Waals surface area (Å²) in [5, 5.41) is 2.83. The van der Waals surface area contributed by atoms with E-state index in [-0.39, 0.29) is 5.91 Å². The van der Waals surface area contributed by atoms with Crippen LogP contribution in [-0.2, 0) is 0 Å². The van der Waals surface area contributed by atoms with Gasteiger partial charge in [0.25, 0.3) is 5.91 Å². The second-order valence-corrected chi connectivity index (χ2v) is 5.38. The number of rotatable bonds is 2. The van der Waals surface area contributed by atoms with Gasteiger partial charge in [-0.15, -0.1) is 11.3 Å². The zero-order valence-corrected chi connectivity index (χ0v) is 10.7. The summed E-state index contributed by atoms with van der Waals surface area (Å²) < 4.78 is 0.595. The number of aromatic amines is 1. The standard InChI is InChI=1S/C12H8ClN3OS/c13-10-5-4-9(18-10)12(17)16-8-3-1-2-7-11(8)15-6-14-7/h1-6H,(H,14,15)(H,16,17). The molecule has 3 rings (SSSR count). The number of carbonyl (C=O) groups excluding carboxylic acids is 1. The molecule has 0 atom stereocenters. The predicted molar refractivity (Wildman–Crippen MR) is 73.4 cm³/mol. The minimum absolute atomic E-state index is 0.178. The van der Waals surface area contributed by atoms with Gasteiger partial charge in [0.15, 0.2) is 0 Å². The van der Waals surface area contributed by atoms with Crippen LogP contribution in [0.1, 0.15) is 9.67 Å². The molecule has 1 aromatic carbocycles. The van der Waals surface area contributed by atoms with E-state index in [0.717, 1.165) is 11.0 Å². The van der Waals surface area contributed by atoms with Crippen LogP contribution in [0.2, 0.25) is 4.34 Å². The molecule has 0 saturated heterocycles. The number of carbonyl (C=O) groups is 1. The molecule has 1 amide bonds. The molecule has 0 spiro atoms. The number of fused-ring (bicyclic) bond motifs is 1. The average molecular weight is 278 g/mol. The highest BCUT2D eigenvalue weighted by atomic mass is 35.5. The van der Waals surface area contributed by atoms with Gasteiger partial charge < -0.3 is 10.3 Å². The van der Waals surface area contributed by atoms with Crippen LogP contribution in [0.4, 0.5) is 5.69 Å². The first-order valence-electron chi connectivity index (χ1n) is 5.23. The molecule has 0 aliphatic heterocycles. The van der Waals surface area contributed by atoms with Gasteiger partial charge in [-0.25, -0.2) is 4.98 Å². The number of halogens is 1. The van der Waals surface area contributed by atoms with Crippen molar-refractivity contribution in [2.45, 2.75) is 0 Å². The molecule has 6 heteroatoms. The smallest absolute Gasteiger partial charge is 0.265 e. The Hall–Kier alpha value is -1.85. The Bertz CT molecular complexity index is 719. The number of nitrogens with zero attached hydrogens (tertiary/aromatic N) is 1. The molecule has 0 radical (unpaired) electrons. The van der Waals surface area contributed by atoms with E-state index in [1.807, 2.05) is 18.2 Å². The zero-order valence-electron chi connectivity index (χ0n) is 9.11. The van der Waals surface area contributed by atoms with Crippen molar-refractivity contribution in [2.75, 3.05) is 5.32 Å². The first-order valence-corrected chi connectivity index (χ1v) is 6.42. The molecular weight excluding hydrogens is 270 g/mol. The number of hydrogen-bond donors (Lipinski definition) is 2. The van der Waals surface area contributed by atoms with Crippen LogP contribution in [0.15, 0.2) is 36.7 Å². The molecule has 0 unspecified atom stereocenters. The SMILES string of the molecule is O=C(Nc1cccc2[nH]cnc12)c1ccc(Cl)s1. The normalized spacial score (nSPS) is 10.7. The van der Waals surface area contributed by atoms with Crippen LogP contribution in [-0.4, -0.2) is 15.9 Å². The monoisotopic (exact) mass is 277 g/mol. The van der Waals surface area contributed by atoms with E-state index < -0.39 is 0 Å². The first kappa shape index (κ1) is 11.3. The molecule has 0 aliphatic carbocycles. The topological polar surface area (TPSA) is 57.8 Å². The summed E-state index contributed by atoms with van der Waals surface area (Å²) in [6.45, 7) is 0. The summed E-state index contributed by atoms with van der Waals surface area (Å²) in [4.78, 5) is 19.7. The lowest BCUT2D eigenvalue weighted by Crippen LogP contribution is -2.10. The van der Waals surface area contributed by atoms with Crippen molar-refractivity contribution >= 4 is 45.6 Å². The van der Waals surface area contributed by atoms with Crippen LogP contribution >= 0.6 is 22.9 Å². The van der Waals surface area contributed by atoms with E-state index in [9.17, 15) is 4.79 Å². The summed E-state index contributed by atoms with van der Waals surface area (Å²) in [5.41, 5.74) is 2.31. The molecular formula is C12H8ClN3OS. The van der Waals surface area contributed by atoms with Crippen LogP contribution in [0.5, 0.6) is 0 Å². The average Bonchev–Trinajstić information content (AvgIpc) is 2.97. The maximum absolute atomic E-state index is 12.0. The van der Waals surface area contributed by atoms with E-state index in [1.165, 1.54) is 11.3 Å². The molecule has 18 heavy (non-hydrogen) atoms. The molecule has 2 heterocycles. The lowest BCUT2D eigenvalue weighted by atomic mass is 10.2. The number of benzene rings is 1. The molecule has 0 saturated carbocycles. The number of para-hydroxylation sites is 1. The van der Waals surface area contributed by atoms with Crippen molar-refractivity contribution in [3.63, 3.8) is 0 Å². The van der Waals surface area contributed by atoms with Crippen LogP contribution < -0.4 is 5.32 Å². The number of nitrogens with one attached hydrogen (secondary N) is 2. The molecule has 0 aliphatic rings. The second kappa shape index (κ2) is 4.44. The lowest BCUT2D eigenvalue weighted by Gasteiger charge is -2.03. The van der Waals surface area contributed by atoms with E-state index >= 15 is 0 Å². The van der Waals surface area contributed by atoms with Gasteiger partial charge >= 0.3 is 0 Å². The van der Waals surface area contributed by atoms with E-state index in [4.69, 9.17) is 11.6 Å². The third-order valence-electron chi connectivity index (χ3n) is 2.49. The molecule has 0 fully saturated rings. The maximum atomic E-state index is 12.0. The highest BCUT2D eigenvalue weighted by molar-refractivity contribution is 7.18. The van der Waals surface area contributed by atoms with Gasteiger partial charge in [-0.1, -0.05) is 17.7 Å². The molecule has 4 nitrogen and oxygen atoms in total. The Labute approximate surface area is 112 Å². The van der Waals surface area contributed by atoms with Crippen molar-refractivity contribution in [3.05, 3.63) is 45.9 Å². The summed E-state index contributed by atoms with van der Waals surface area (Å²) >= 11 is 7.05. The number of anilines is 1. The van der Waals surface area contributed by atoms with Crippen molar-refractivity contribution < 1.29 is 4.79 Å². The largest absolute Gasteiger partial charge is 0.345 e. The third-order valence-corrected chi connectivity index (χ3v) is 3.72. The van der Waals surface area contributed by atoms with Crippen molar-refractivity contribution in [2.24, 2.45) is 0 Å². The minimum atomic E-state index is -0.178. The number of aromatic nitrogens is 2. The van der Waals surface area contributed by atoms with Gasteiger partial charge in [0.05, 0.1) is 26.7 Å². The zero-order chi connectivity index (χ0) is 12.5. The second-order valence-electron chi connectivity index (χ2n) is 3.66. The molecule has 90 valence electrons. The molecule has 0 bridgehead atoms. The fourth-order valence-electron chi connectivity index (χ4n) is 1.69. The maximum Gasteiger partial charge on any atom is 0.265 e. The van der Waals surface area contributed by atoms with E-state index in [2.05, 4.69) is 15.3 Å². The fourth-order valence-corrected chi connectivity index (χ4v) is 2.62. The van der Waals surface area contributed by atoms with Gasteiger partial charge in [-0.05, 0) is 24.3 Å². The molecule has 2 aromatic heterocycles. The van der Waals surface area contributed by atoms with Crippen LogP contribution in [0.25, 0.3) is 11.0 Å². The van der Waals surface area contributed by atoms with Crippen molar-refractivity contribution in [1.29, 1.82) is 0 Å². The predicted octanol–water partition coefficient (Wildman–Crippen LogP) is 3.53. The van der Waals surface area contributed by atoms with Crippen molar-refractivity contribution in [3.8, 4) is 0 Å². The number of thiophene rings is 1. The summed E-state index contributed by atoms with van der Waals surface area (Å²) in [7, 11) is 0. The van der Waals surface area contributed by atoms with E-state index in [1.54, 1.807) is 18.5 Å². The van der Waals surface area contributed by atoms with Gasteiger partial charge in [-0.3, -0.25) is 4.79 Å². The highest BCUT2D eigenvalue weighted by Crippen LogP contribution is 2.24. The Morgan fingerprint density at radius 3 is 3.00 bits per heavy atom. The number of hydrogen-bond acceptors (Lipinski definition) is 3. The lowest BCUT2D eigenvalue weighted by molar-refractivity contribution is 0.103. The van der Waals surface area contributed by atoms with Gasteiger partial charge in [0, 0.05) is 0 Å². The Morgan fingerprint density at radius 2 is 2.22 bits per heavy atom. The van der Waals surface area contributed by atoms with Gasteiger partial charge in [0.1, 0.15) is 5.52 Å². The van der Waals surface area contributed by atoms with Crippen LogP contribution in [0.3, 0.4) is 0 Å². The van der Waals surface area contributed by atoms with Crippen molar-refractivity contribution in [1.82, 2.24) is 9.97 Å². The molecule has 2 N–H and O–H groups in total. The summed E-state index contributed by atoms with van der Waals surface area (Å²) in [6, 6.07) is 8.98.